The van der Waals surface area contributed by atoms with Gasteiger partial charge >= 0.3 is 0 Å². The van der Waals surface area contributed by atoms with Crippen LogP contribution in [0.4, 0.5) is 11.5 Å². The lowest BCUT2D eigenvalue weighted by Crippen LogP contribution is -2.26. The molecule has 2 aromatic carbocycles. The summed E-state index contributed by atoms with van der Waals surface area (Å²) in [6.45, 7) is 1.91. The summed E-state index contributed by atoms with van der Waals surface area (Å²) >= 11 is 0. The second-order valence-electron chi connectivity index (χ2n) is 6.39. The van der Waals surface area contributed by atoms with Crippen LogP contribution in [0.15, 0.2) is 72.1 Å². The number of carbonyl (C=O) groups excluding carboxylic acids is 1. The van der Waals surface area contributed by atoms with Crippen molar-refractivity contribution in [3.63, 3.8) is 0 Å². The normalized spacial score (nSPS) is 15.7. The van der Waals surface area contributed by atoms with E-state index in [1.807, 2.05) is 61.5 Å². The molecule has 1 aliphatic heterocycles. The van der Waals surface area contributed by atoms with Crippen molar-refractivity contribution in [3.05, 3.63) is 83.2 Å². The van der Waals surface area contributed by atoms with Crippen LogP contribution < -0.4 is 15.4 Å². The number of H-pyrrole nitrogens is 1. The second kappa shape index (κ2) is 6.99. The summed E-state index contributed by atoms with van der Waals surface area (Å²) in [6, 6.07) is 17.3. The van der Waals surface area contributed by atoms with Gasteiger partial charge in [0.2, 0.25) is 0 Å². The summed E-state index contributed by atoms with van der Waals surface area (Å²) in [7, 11) is 1.61. The fourth-order valence-corrected chi connectivity index (χ4v) is 3.41. The van der Waals surface area contributed by atoms with Crippen LogP contribution in [-0.2, 0) is 4.79 Å². The van der Waals surface area contributed by atoms with Gasteiger partial charge in [-0.1, -0.05) is 30.3 Å². The summed E-state index contributed by atoms with van der Waals surface area (Å²) in [5.74, 6) is 1.22. The Morgan fingerprint density at radius 1 is 1.11 bits per heavy atom. The van der Waals surface area contributed by atoms with Crippen LogP contribution in [0, 0.1) is 0 Å². The highest BCUT2D eigenvalue weighted by Gasteiger charge is 2.33. The van der Waals surface area contributed by atoms with E-state index in [1.54, 1.807) is 13.3 Å². The van der Waals surface area contributed by atoms with E-state index < -0.39 is 0 Å². The van der Waals surface area contributed by atoms with Crippen molar-refractivity contribution in [2.24, 2.45) is 0 Å². The van der Waals surface area contributed by atoms with E-state index in [0.717, 1.165) is 28.4 Å². The van der Waals surface area contributed by atoms with Crippen LogP contribution in [0.5, 0.6) is 5.75 Å². The molecule has 4 rings (SSSR count). The first kappa shape index (κ1) is 16.9. The number of rotatable bonds is 4. The molecular weight excluding hydrogens is 340 g/mol. The lowest BCUT2D eigenvalue weighted by molar-refractivity contribution is -0.113. The molecule has 6 heteroatoms. The van der Waals surface area contributed by atoms with Crippen LogP contribution in [0.1, 0.15) is 24.0 Å². The maximum absolute atomic E-state index is 13.2. The molecule has 6 nitrogen and oxygen atoms in total. The Hall–Kier alpha value is -3.54. The van der Waals surface area contributed by atoms with Gasteiger partial charge in [0.15, 0.2) is 0 Å². The molecule has 1 amide bonds. The van der Waals surface area contributed by atoms with Gasteiger partial charge in [-0.3, -0.25) is 9.89 Å². The number of hydrogen-bond donors (Lipinski definition) is 3. The van der Waals surface area contributed by atoms with Crippen molar-refractivity contribution in [3.8, 4) is 5.75 Å². The monoisotopic (exact) mass is 360 g/mol. The summed E-state index contributed by atoms with van der Waals surface area (Å²) in [4.78, 5) is 13.2. The van der Waals surface area contributed by atoms with Crippen LogP contribution >= 0.6 is 0 Å². The summed E-state index contributed by atoms with van der Waals surface area (Å²) in [6.07, 6.45) is 1.77. The van der Waals surface area contributed by atoms with E-state index in [0.29, 0.717) is 11.3 Å². The van der Waals surface area contributed by atoms with Crippen molar-refractivity contribution >= 4 is 17.4 Å². The number of carbonyl (C=O) groups is 1. The molecule has 0 bridgehead atoms. The molecule has 3 N–H and O–H groups in total. The number of hydrogen-bond acceptors (Lipinski definition) is 4. The van der Waals surface area contributed by atoms with E-state index >= 15 is 0 Å². The van der Waals surface area contributed by atoms with Gasteiger partial charge in [0.1, 0.15) is 11.6 Å². The zero-order valence-electron chi connectivity index (χ0n) is 15.1. The number of anilines is 2. The maximum Gasteiger partial charge on any atom is 0.254 e. The third-order valence-corrected chi connectivity index (χ3v) is 4.71. The Balaban J connectivity index is 1.70. The molecule has 1 aliphatic rings. The summed E-state index contributed by atoms with van der Waals surface area (Å²) in [5, 5.41) is 13.4. The Bertz CT molecular complexity index is 991. The topological polar surface area (TPSA) is 79.0 Å². The third kappa shape index (κ3) is 3.17. The lowest BCUT2D eigenvalue weighted by atomic mass is 9.82. The third-order valence-electron chi connectivity index (χ3n) is 4.71. The van der Waals surface area contributed by atoms with Crippen molar-refractivity contribution in [2.75, 3.05) is 17.7 Å². The van der Waals surface area contributed by atoms with E-state index in [-0.39, 0.29) is 11.8 Å². The lowest BCUT2D eigenvalue weighted by Gasteiger charge is -2.28. The minimum Gasteiger partial charge on any atom is -0.497 e. The molecule has 0 saturated heterocycles. The Morgan fingerprint density at radius 3 is 2.56 bits per heavy atom. The number of aromatic nitrogens is 2. The molecule has 1 atom stereocenters. The van der Waals surface area contributed by atoms with Gasteiger partial charge in [-0.15, -0.1) is 0 Å². The smallest absolute Gasteiger partial charge is 0.254 e. The molecule has 0 fully saturated rings. The van der Waals surface area contributed by atoms with Crippen molar-refractivity contribution in [2.45, 2.75) is 12.8 Å². The fourth-order valence-electron chi connectivity index (χ4n) is 3.41. The van der Waals surface area contributed by atoms with E-state index in [1.165, 1.54) is 0 Å². The van der Waals surface area contributed by atoms with Crippen LogP contribution in [0.3, 0.4) is 0 Å². The average molecular weight is 360 g/mol. The molecule has 0 saturated carbocycles. The van der Waals surface area contributed by atoms with Crippen LogP contribution in [0.2, 0.25) is 0 Å². The average Bonchev–Trinajstić information content (AvgIpc) is 3.16. The van der Waals surface area contributed by atoms with Gasteiger partial charge in [0, 0.05) is 28.4 Å². The predicted molar refractivity (Wildman–Crippen MR) is 105 cm³/mol. The Labute approximate surface area is 157 Å². The first-order valence-corrected chi connectivity index (χ1v) is 8.69. The zero-order valence-corrected chi connectivity index (χ0v) is 15.1. The van der Waals surface area contributed by atoms with E-state index in [9.17, 15) is 4.79 Å². The minimum atomic E-state index is -0.195. The van der Waals surface area contributed by atoms with Gasteiger partial charge in [-0.2, -0.15) is 5.10 Å². The SMILES string of the molecule is COc1ccc(NC(=O)C2=C(C)Nc3[nH]ncc3C2c2ccccc2)cc1. The van der Waals surface area contributed by atoms with Crippen LogP contribution in [-0.4, -0.2) is 23.2 Å². The van der Waals surface area contributed by atoms with E-state index in [2.05, 4.69) is 20.8 Å². The van der Waals surface area contributed by atoms with Gasteiger partial charge in [0.25, 0.3) is 5.91 Å². The van der Waals surface area contributed by atoms with E-state index in [4.69, 9.17) is 4.74 Å². The number of ether oxygens (including phenoxy) is 1. The second-order valence-corrected chi connectivity index (χ2v) is 6.39. The molecule has 27 heavy (non-hydrogen) atoms. The Morgan fingerprint density at radius 2 is 1.85 bits per heavy atom. The first-order valence-electron chi connectivity index (χ1n) is 8.69. The van der Waals surface area contributed by atoms with Gasteiger partial charge in [-0.25, -0.2) is 0 Å². The summed E-state index contributed by atoms with van der Waals surface area (Å²) in [5.41, 5.74) is 4.18. The van der Waals surface area contributed by atoms with Crippen molar-refractivity contribution in [1.82, 2.24) is 10.2 Å². The van der Waals surface area contributed by atoms with Crippen LogP contribution in [0.25, 0.3) is 0 Å². The number of amides is 1. The standard InChI is InChI=1S/C21H20N4O2/c1-13-18(21(26)24-15-8-10-16(27-2)11-9-15)19(14-6-4-3-5-7-14)17-12-22-25-20(17)23-13/h3-12,19H,1-2H3,(H,24,26)(H2,22,23,25). The molecule has 136 valence electrons. The molecule has 0 spiro atoms. The number of methoxy groups -OCH3 is 1. The van der Waals surface area contributed by atoms with Gasteiger partial charge in [0.05, 0.1) is 13.3 Å². The molecule has 1 unspecified atom stereocenters. The van der Waals surface area contributed by atoms with Gasteiger partial charge in [-0.05, 0) is 36.8 Å². The molecule has 0 aliphatic carbocycles. The number of nitrogens with one attached hydrogen (secondary N) is 3. The molecule has 1 aromatic heterocycles. The molecule has 3 aromatic rings. The minimum absolute atomic E-state index is 0.147. The quantitative estimate of drug-likeness (QED) is 0.659. The molecule has 2 heterocycles. The van der Waals surface area contributed by atoms with Gasteiger partial charge < -0.3 is 15.4 Å². The number of aromatic amines is 1. The van der Waals surface area contributed by atoms with Crippen molar-refractivity contribution in [1.29, 1.82) is 0 Å². The predicted octanol–water partition coefficient (Wildman–Crippen LogP) is 3.89. The number of allylic oxidation sites excluding steroid dienone is 1. The zero-order chi connectivity index (χ0) is 18.8. The number of fused-ring (bicyclic) bond motifs is 1. The number of nitrogens with zero attached hydrogens (tertiary/aromatic N) is 1. The first-order chi connectivity index (χ1) is 13.2. The maximum atomic E-state index is 13.2. The highest BCUT2D eigenvalue weighted by Crippen LogP contribution is 2.41. The highest BCUT2D eigenvalue weighted by molar-refractivity contribution is 6.07. The fraction of sp³-hybridized carbons (Fsp3) is 0.143. The largest absolute Gasteiger partial charge is 0.497 e. The Kier molecular flexibility index (Phi) is 4.38. The van der Waals surface area contributed by atoms with Crippen molar-refractivity contribution < 1.29 is 9.53 Å². The number of benzene rings is 2. The molecular formula is C21H20N4O2. The molecule has 0 radical (unpaired) electrons. The highest BCUT2D eigenvalue weighted by atomic mass is 16.5. The summed E-state index contributed by atoms with van der Waals surface area (Å²) < 4.78 is 5.17.